The summed E-state index contributed by atoms with van der Waals surface area (Å²) in [5.74, 6) is 1.59. The van der Waals surface area contributed by atoms with Gasteiger partial charge >= 0.3 is 7.12 Å². The van der Waals surface area contributed by atoms with Gasteiger partial charge in [-0.3, -0.25) is 0 Å². The van der Waals surface area contributed by atoms with Crippen LogP contribution in [0.15, 0.2) is 42.5 Å². The largest absolute Gasteiger partial charge is 0.494 e. The van der Waals surface area contributed by atoms with Crippen molar-refractivity contribution >= 4 is 12.6 Å². The summed E-state index contributed by atoms with van der Waals surface area (Å²) in [7, 11) is 1.38. The van der Waals surface area contributed by atoms with Gasteiger partial charge in [0.05, 0.1) is 6.61 Å². The second-order valence-corrected chi connectivity index (χ2v) is 4.69. The van der Waals surface area contributed by atoms with Crippen molar-refractivity contribution in [1.29, 1.82) is 0 Å². The van der Waals surface area contributed by atoms with Crippen LogP contribution in [0.2, 0.25) is 0 Å². The van der Waals surface area contributed by atoms with E-state index in [4.69, 9.17) is 19.8 Å². The molecule has 1 aliphatic rings. The van der Waals surface area contributed by atoms with E-state index in [9.17, 15) is 0 Å². The lowest BCUT2D eigenvalue weighted by molar-refractivity contribution is 0.245. The smallest absolute Gasteiger partial charge is 0.457 e. The zero-order valence-corrected chi connectivity index (χ0v) is 11.3. The van der Waals surface area contributed by atoms with Crippen LogP contribution in [0.1, 0.15) is 11.1 Å². The van der Waals surface area contributed by atoms with Gasteiger partial charge in [-0.15, -0.1) is 0 Å². The molecule has 102 valence electrons. The zero-order valence-electron chi connectivity index (χ0n) is 11.3. The van der Waals surface area contributed by atoms with E-state index in [1.54, 1.807) is 7.11 Å². The highest BCUT2D eigenvalue weighted by Gasteiger charge is 2.29. The van der Waals surface area contributed by atoms with E-state index in [1.807, 2.05) is 42.5 Å². The highest BCUT2D eigenvalue weighted by molar-refractivity contribution is 6.62. The average molecular weight is 269 g/mol. The molecule has 0 bridgehead atoms. The monoisotopic (exact) mass is 269 g/mol. The Hall–Kier alpha value is -1.82. The summed E-state index contributed by atoms with van der Waals surface area (Å²) in [5.41, 5.74) is 8.83. The van der Waals surface area contributed by atoms with Gasteiger partial charge in [0.25, 0.3) is 0 Å². The van der Waals surface area contributed by atoms with Crippen molar-refractivity contribution < 1.29 is 14.0 Å². The van der Waals surface area contributed by atoms with Gasteiger partial charge in [0.15, 0.2) is 0 Å². The Labute approximate surface area is 118 Å². The Morgan fingerprint density at radius 1 is 1.15 bits per heavy atom. The van der Waals surface area contributed by atoms with Crippen LogP contribution in [-0.4, -0.2) is 14.2 Å². The SMILES string of the molecule is COB1OCc2cc(Oc3ccc(CN)cc3)ccc21. The number of rotatable bonds is 4. The molecule has 0 unspecified atom stereocenters. The van der Waals surface area contributed by atoms with Crippen LogP contribution < -0.4 is 15.9 Å². The summed E-state index contributed by atoms with van der Waals surface area (Å²) in [6, 6.07) is 13.7. The van der Waals surface area contributed by atoms with Crippen molar-refractivity contribution in [2.24, 2.45) is 5.73 Å². The van der Waals surface area contributed by atoms with E-state index in [0.29, 0.717) is 13.2 Å². The van der Waals surface area contributed by atoms with E-state index in [1.165, 1.54) is 0 Å². The molecule has 0 aliphatic carbocycles. The average Bonchev–Trinajstić information content (AvgIpc) is 2.90. The van der Waals surface area contributed by atoms with E-state index in [0.717, 1.165) is 28.1 Å². The maximum atomic E-state index is 5.83. The first-order chi connectivity index (χ1) is 9.80. The number of fused-ring (bicyclic) bond motifs is 1. The summed E-state index contributed by atoms with van der Waals surface area (Å²) >= 11 is 0. The lowest BCUT2D eigenvalue weighted by Crippen LogP contribution is -2.30. The third-order valence-corrected chi connectivity index (χ3v) is 3.37. The zero-order chi connectivity index (χ0) is 13.9. The number of benzene rings is 2. The molecule has 0 fully saturated rings. The Kier molecular flexibility index (Phi) is 3.73. The number of hydrogen-bond donors (Lipinski definition) is 1. The molecule has 2 N–H and O–H groups in total. The van der Waals surface area contributed by atoms with Gasteiger partial charge in [-0.05, 0) is 40.9 Å². The lowest BCUT2D eigenvalue weighted by Gasteiger charge is -2.08. The fourth-order valence-electron chi connectivity index (χ4n) is 2.28. The van der Waals surface area contributed by atoms with Gasteiger partial charge < -0.3 is 19.8 Å². The van der Waals surface area contributed by atoms with Crippen molar-refractivity contribution in [2.45, 2.75) is 13.2 Å². The quantitative estimate of drug-likeness (QED) is 0.860. The predicted molar refractivity (Wildman–Crippen MR) is 78.0 cm³/mol. The Bertz CT molecular complexity index is 601. The summed E-state index contributed by atoms with van der Waals surface area (Å²) in [6.45, 7) is 1.09. The number of ether oxygens (including phenoxy) is 1. The summed E-state index contributed by atoms with van der Waals surface area (Å²) in [6.07, 6.45) is 0. The van der Waals surface area contributed by atoms with Crippen LogP contribution in [0.5, 0.6) is 11.5 Å². The van der Waals surface area contributed by atoms with Crippen LogP contribution in [-0.2, 0) is 22.5 Å². The predicted octanol–water partition coefficient (Wildman–Crippen LogP) is 1.81. The van der Waals surface area contributed by atoms with Gasteiger partial charge in [0.1, 0.15) is 11.5 Å². The van der Waals surface area contributed by atoms with Crippen LogP contribution in [0.25, 0.3) is 0 Å². The molecule has 0 atom stereocenters. The summed E-state index contributed by atoms with van der Waals surface area (Å²) in [4.78, 5) is 0. The third kappa shape index (κ3) is 2.56. The molecule has 1 aliphatic heterocycles. The number of nitrogens with two attached hydrogens (primary N) is 1. The second-order valence-electron chi connectivity index (χ2n) is 4.69. The van der Waals surface area contributed by atoms with Crippen molar-refractivity contribution in [3.8, 4) is 11.5 Å². The Morgan fingerprint density at radius 2 is 1.90 bits per heavy atom. The minimum absolute atomic E-state index is 0.261. The molecule has 2 aromatic carbocycles. The number of hydrogen-bond acceptors (Lipinski definition) is 4. The van der Waals surface area contributed by atoms with E-state index >= 15 is 0 Å². The molecule has 0 aromatic heterocycles. The van der Waals surface area contributed by atoms with Gasteiger partial charge in [0.2, 0.25) is 0 Å². The molecule has 1 heterocycles. The molecule has 20 heavy (non-hydrogen) atoms. The first-order valence-electron chi connectivity index (χ1n) is 6.54. The molecule has 5 heteroatoms. The maximum absolute atomic E-state index is 5.83. The van der Waals surface area contributed by atoms with Crippen LogP contribution in [0.4, 0.5) is 0 Å². The molecule has 0 saturated heterocycles. The highest BCUT2D eigenvalue weighted by atomic mass is 16.6. The van der Waals surface area contributed by atoms with E-state index in [-0.39, 0.29) is 7.12 Å². The molecule has 0 saturated carbocycles. The Balaban J connectivity index is 1.78. The van der Waals surface area contributed by atoms with Gasteiger partial charge in [-0.25, -0.2) is 0 Å². The van der Waals surface area contributed by atoms with Gasteiger partial charge in [0, 0.05) is 13.7 Å². The topological polar surface area (TPSA) is 53.7 Å². The highest BCUT2D eigenvalue weighted by Crippen LogP contribution is 2.24. The van der Waals surface area contributed by atoms with Crippen molar-refractivity contribution in [3.05, 3.63) is 53.6 Å². The van der Waals surface area contributed by atoms with Crippen molar-refractivity contribution in [2.75, 3.05) is 7.11 Å². The first kappa shape index (κ1) is 13.2. The van der Waals surface area contributed by atoms with E-state index in [2.05, 4.69) is 0 Å². The summed E-state index contributed by atoms with van der Waals surface area (Å²) < 4.78 is 16.6. The molecular formula is C15H16BNO3. The lowest BCUT2D eigenvalue weighted by atomic mass is 9.79. The van der Waals surface area contributed by atoms with Gasteiger partial charge in [-0.1, -0.05) is 18.2 Å². The molecule has 0 amide bonds. The van der Waals surface area contributed by atoms with Crippen LogP contribution in [0, 0.1) is 0 Å². The van der Waals surface area contributed by atoms with Crippen LogP contribution in [0.3, 0.4) is 0 Å². The molecule has 0 spiro atoms. The second kappa shape index (κ2) is 5.67. The van der Waals surface area contributed by atoms with Crippen molar-refractivity contribution in [1.82, 2.24) is 0 Å². The van der Waals surface area contributed by atoms with E-state index < -0.39 is 0 Å². The third-order valence-electron chi connectivity index (χ3n) is 3.37. The minimum atomic E-state index is -0.261. The standard InChI is InChI=1S/C15H16BNO3/c1-18-16-15-7-6-14(8-12(15)10-19-16)20-13-4-2-11(9-17)3-5-13/h2-8H,9-10,17H2,1H3. The molecule has 0 radical (unpaired) electrons. The maximum Gasteiger partial charge on any atom is 0.494 e. The molecule has 3 rings (SSSR count). The molecule has 2 aromatic rings. The molecular weight excluding hydrogens is 253 g/mol. The summed E-state index contributed by atoms with van der Waals surface area (Å²) in [5, 5.41) is 0. The van der Waals surface area contributed by atoms with Gasteiger partial charge in [-0.2, -0.15) is 0 Å². The fraction of sp³-hybridized carbons (Fsp3) is 0.200. The molecule has 4 nitrogen and oxygen atoms in total. The Morgan fingerprint density at radius 3 is 2.60 bits per heavy atom. The normalized spacial score (nSPS) is 13.4. The van der Waals surface area contributed by atoms with Crippen molar-refractivity contribution in [3.63, 3.8) is 0 Å². The minimum Gasteiger partial charge on any atom is -0.457 e. The van der Waals surface area contributed by atoms with Crippen LogP contribution >= 0.6 is 0 Å². The first-order valence-corrected chi connectivity index (χ1v) is 6.54. The fourth-order valence-corrected chi connectivity index (χ4v) is 2.28.